The molecule has 0 atom stereocenters. The molecule has 7 nitrogen and oxygen atoms in total. The fourth-order valence-corrected chi connectivity index (χ4v) is 3.34. The van der Waals surface area contributed by atoms with E-state index in [4.69, 9.17) is 18.9 Å². The highest BCUT2D eigenvalue weighted by molar-refractivity contribution is 6.01. The minimum absolute atomic E-state index is 0.0183. The van der Waals surface area contributed by atoms with Gasteiger partial charge in [0, 0.05) is 11.6 Å². The van der Waals surface area contributed by atoms with Crippen molar-refractivity contribution >= 4 is 12.0 Å². The van der Waals surface area contributed by atoms with Crippen LogP contribution >= 0.6 is 0 Å². The Hall–Kier alpha value is -3.92. The fourth-order valence-electron chi connectivity index (χ4n) is 3.34. The number of allylic oxidation sites excluding steroid dienone is 1. The number of nitriles is 1. The quantitative estimate of drug-likeness (QED) is 0.326. The summed E-state index contributed by atoms with van der Waals surface area (Å²) in [5.41, 5.74) is 2.45. The number of carbonyl (C=O) groups excluding carboxylic acids is 1. The lowest BCUT2D eigenvalue weighted by atomic mass is 10.0. The number of hydrogen-bond donors (Lipinski definition) is 1. The van der Waals surface area contributed by atoms with E-state index in [1.54, 1.807) is 18.2 Å². The van der Waals surface area contributed by atoms with E-state index in [0.717, 1.165) is 11.1 Å². The second-order valence-corrected chi connectivity index (χ2v) is 7.71. The first-order valence-corrected chi connectivity index (χ1v) is 10.8. The van der Waals surface area contributed by atoms with E-state index in [1.807, 2.05) is 51.1 Å². The summed E-state index contributed by atoms with van der Waals surface area (Å²) in [7, 11) is 0. The molecule has 0 spiro atoms. The molecule has 33 heavy (non-hydrogen) atoms. The number of benzene rings is 2. The molecule has 3 rings (SSSR count). The average molecular weight is 449 g/mol. The second kappa shape index (κ2) is 11.1. The molecule has 0 fully saturated rings. The average Bonchev–Trinajstić information content (AvgIpc) is 3.24. The Morgan fingerprint density at radius 1 is 1.24 bits per heavy atom. The Morgan fingerprint density at radius 3 is 2.73 bits per heavy atom. The zero-order valence-electron chi connectivity index (χ0n) is 19.1. The SMILES string of the molecule is C=CCc1cc(/C=C(/C#N)C(=O)NC(C)C)cc(OCC)c1OCc1ccc2c(c1)OCO2. The number of carbonyl (C=O) groups is 1. The molecule has 0 bridgehead atoms. The summed E-state index contributed by atoms with van der Waals surface area (Å²) in [6.07, 6.45) is 3.84. The van der Waals surface area contributed by atoms with Gasteiger partial charge in [-0.3, -0.25) is 4.79 Å². The molecule has 1 aliphatic rings. The Bertz CT molecular complexity index is 1100. The van der Waals surface area contributed by atoms with Gasteiger partial charge < -0.3 is 24.3 Å². The van der Waals surface area contributed by atoms with Crippen molar-refractivity contribution in [3.63, 3.8) is 0 Å². The van der Waals surface area contributed by atoms with Crippen LogP contribution in [0, 0.1) is 11.3 Å². The van der Waals surface area contributed by atoms with Gasteiger partial charge in [-0.2, -0.15) is 5.26 Å². The molecule has 0 unspecified atom stereocenters. The number of nitrogens with one attached hydrogen (secondary N) is 1. The van der Waals surface area contributed by atoms with Gasteiger partial charge in [0.05, 0.1) is 6.61 Å². The Labute approximate surface area is 194 Å². The van der Waals surface area contributed by atoms with Crippen LogP contribution in [0.5, 0.6) is 23.0 Å². The third-order valence-electron chi connectivity index (χ3n) is 4.73. The van der Waals surface area contributed by atoms with Gasteiger partial charge in [0.2, 0.25) is 6.79 Å². The van der Waals surface area contributed by atoms with Gasteiger partial charge in [0.15, 0.2) is 23.0 Å². The summed E-state index contributed by atoms with van der Waals surface area (Å²) < 4.78 is 22.8. The topological polar surface area (TPSA) is 89.8 Å². The smallest absolute Gasteiger partial charge is 0.262 e. The first-order valence-electron chi connectivity index (χ1n) is 10.8. The molecule has 2 aromatic rings. The molecule has 1 amide bonds. The third kappa shape index (κ3) is 6.07. The molecule has 1 aliphatic heterocycles. The van der Waals surface area contributed by atoms with Gasteiger partial charge in [0.1, 0.15) is 18.2 Å². The van der Waals surface area contributed by atoms with Gasteiger partial charge in [-0.15, -0.1) is 6.58 Å². The zero-order chi connectivity index (χ0) is 23.8. The summed E-state index contributed by atoms with van der Waals surface area (Å²) in [6, 6.07) is 11.2. The molecular weight excluding hydrogens is 420 g/mol. The number of fused-ring (bicyclic) bond motifs is 1. The number of nitrogens with zero attached hydrogens (tertiary/aromatic N) is 1. The molecule has 0 radical (unpaired) electrons. The lowest BCUT2D eigenvalue weighted by Crippen LogP contribution is -2.30. The van der Waals surface area contributed by atoms with Gasteiger partial charge in [0.25, 0.3) is 5.91 Å². The molecule has 0 aliphatic carbocycles. The Balaban J connectivity index is 1.92. The van der Waals surface area contributed by atoms with E-state index in [2.05, 4.69) is 11.9 Å². The minimum atomic E-state index is -0.418. The van der Waals surface area contributed by atoms with E-state index in [9.17, 15) is 10.1 Å². The molecule has 1 heterocycles. The van der Waals surface area contributed by atoms with Crippen LogP contribution in [-0.2, 0) is 17.8 Å². The van der Waals surface area contributed by atoms with Crippen LogP contribution in [-0.4, -0.2) is 25.3 Å². The van der Waals surface area contributed by atoms with Crippen molar-refractivity contribution in [3.8, 4) is 29.1 Å². The van der Waals surface area contributed by atoms with Crippen LogP contribution in [0.3, 0.4) is 0 Å². The van der Waals surface area contributed by atoms with Crippen LogP contribution in [0.25, 0.3) is 6.08 Å². The van der Waals surface area contributed by atoms with Gasteiger partial charge in [-0.1, -0.05) is 12.1 Å². The predicted octanol–water partition coefficient (Wildman–Crippen LogP) is 4.55. The number of rotatable bonds is 10. The fraction of sp³-hybridized carbons (Fsp3) is 0.308. The summed E-state index contributed by atoms with van der Waals surface area (Å²) in [5.74, 6) is 2.12. The summed E-state index contributed by atoms with van der Waals surface area (Å²) in [5, 5.41) is 12.2. The maximum absolute atomic E-state index is 12.3. The standard InChI is InChI=1S/C26H28N2O5/c1-5-7-20-10-19(11-21(14-27)26(29)28-17(3)4)13-24(30-6-2)25(20)31-15-18-8-9-22-23(12-18)33-16-32-22/h5,8-13,17H,1,6-7,15-16H2,2-4H3,(H,28,29)/b21-11-. The molecular formula is C26H28N2O5. The van der Waals surface area contributed by atoms with Gasteiger partial charge in [-0.25, -0.2) is 0 Å². The monoisotopic (exact) mass is 448 g/mol. The van der Waals surface area contributed by atoms with E-state index in [-0.39, 0.29) is 18.4 Å². The number of amides is 1. The van der Waals surface area contributed by atoms with E-state index >= 15 is 0 Å². The van der Waals surface area contributed by atoms with Gasteiger partial charge >= 0.3 is 0 Å². The summed E-state index contributed by atoms with van der Waals surface area (Å²) in [6.45, 7) is 10.4. The first kappa shape index (κ1) is 23.7. The molecule has 1 N–H and O–H groups in total. The molecule has 7 heteroatoms. The van der Waals surface area contributed by atoms with Crippen molar-refractivity contribution in [2.75, 3.05) is 13.4 Å². The van der Waals surface area contributed by atoms with Crippen LogP contribution in [0.15, 0.2) is 48.6 Å². The normalized spacial score (nSPS) is 12.3. The Kier molecular flexibility index (Phi) is 7.98. The lowest BCUT2D eigenvalue weighted by molar-refractivity contribution is -0.117. The molecule has 2 aromatic carbocycles. The van der Waals surface area contributed by atoms with Crippen molar-refractivity contribution in [1.29, 1.82) is 5.26 Å². The number of ether oxygens (including phenoxy) is 4. The van der Waals surface area contributed by atoms with Crippen LogP contribution in [0.4, 0.5) is 0 Å². The van der Waals surface area contributed by atoms with Gasteiger partial charge in [-0.05, 0) is 68.7 Å². The lowest BCUT2D eigenvalue weighted by Gasteiger charge is -2.17. The first-order chi connectivity index (χ1) is 15.9. The third-order valence-corrected chi connectivity index (χ3v) is 4.73. The highest BCUT2D eigenvalue weighted by Crippen LogP contribution is 2.37. The second-order valence-electron chi connectivity index (χ2n) is 7.71. The van der Waals surface area contributed by atoms with E-state index in [1.165, 1.54) is 0 Å². The summed E-state index contributed by atoms with van der Waals surface area (Å²) >= 11 is 0. The molecule has 0 saturated carbocycles. The maximum Gasteiger partial charge on any atom is 0.262 e. The molecule has 172 valence electrons. The minimum Gasteiger partial charge on any atom is -0.490 e. The zero-order valence-corrected chi connectivity index (χ0v) is 19.1. The molecule has 0 aromatic heterocycles. The van der Waals surface area contributed by atoms with Crippen molar-refractivity contribution in [1.82, 2.24) is 5.32 Å². The maximum atomic E-state index is 12.3. The van der Waals surface area contributed by atoms with Crippen LogP contribution < -0.4 is 24.3 Å². The van der Waals surface area contributed by atoms with Crippen molar-refractivity contribution in [2.24, 2.45) is 0 Å². The van der Waals surface area contributed by atoms with Crippen LogP contribution in [0.1, 0.15) is 37.5 Å². The highest BCUT2D eigenvalue weighted by Gasteiger charge is 2.17. The molecule has 0 saturated heterocycles. The van der Waals surface area contributed by atoms with Crippen molar-refractivity contribution < 1.29 is 23.7 Å². The van der Waals surface area contributed by atoms with Crippen molar-refractivity contribution in [2.45, 2.75) is 39.8 Å². The van der Waals surface area contributed by atoms with E-state index < -0.39 is 5.91 Å². The Morgan fingerprint density at radius 2 is 2.03 bits per heavy atom. The van der Waals surface area contributed by atoms with E-state index in [0.29, 0.717) is 48.2 Å². The van der Waals surface area contributed by atoms with Crippen LogP contribution in [0.2, 0.25) is 0 Å². The number of hydrogen-bond acceptors (Lipinski definition) is 6. The highest BCUT2D eigenvalue weighted by atomic mass is 16.7. The van der Waals surface area contributed by atoms with Crippen molar-refractivity contribution in [3.05, 3.63) is 65.3 Å². The largest absolute Gasteiger partial charge is 0.490 e. The predicted molar refractivity (Wildman–Crippen MR) is 125 cm³/mol. The summed E-state index contributed by atoms with van der Waals surface area (Å²) in [4.78, 5) is 12.3.